The molecule has 2 amide bonds. The highest BCUT2D eigenvalue weighted by Crippen LogP contribution is 2.23. The number of piperidine rings is 1. The van der Waals surface area contributed by atoms with E-state index in [4.69, 9.17) is 0 Å². The fourth-order valence-corrected chi connectivity index (χ4v) is 3.64. The number of aromatic nitrogens is 1. The second-order valence-corrected chi connectivity index (χ2v) is 7.70. The van der Waals surface area contributed by atoms with Gasteiger partial charge in [0.05, 0.1) is 6.10 Å². The summed E-state index contributed by atoms with van der Waals surface area (Å²) in [7, 11) is 0. The number of carbonyl (C=O) groups excluding carboxylic acids is 2. The maximum atomic E-state index is 12.5. The highest BCUT2D eigenvalue weighted by atomic mass is 16.3. The van der Waals surface area contributed by atoms with Crippen LogP contribution < -0.4 is 5.32 Å². The van der Waals surface area contributed by atoms with Crippen LogP contribution in [0, 0.1) is 5.92 Å². The second-order valence-electron chi connectivity index (χ2n) is 7.70. The Kier molecular flexibility index (Phi) is 8.15. The minimum Gasteiger partial charge on any atom is -0.391 e. The van der Waals surface area contributed by atoms with Crippen LogP contribution in [0.15, 0.2) is 60.9 Å². The topological polar surface area (TPSA) is 82.5 Å². The van der Waals surface area contributed by atoms with Gasteiger partial charge >= 0.3 is 0 Å². The minimum absolute atomic E-state index is 0.0936. The van der Waals surface area contributed by atoms with Crippen molar-refractivity contribution in [2.45, 2.75) is 31.8 Å². The van der Waals surface area contributed by atoms with Crippen molar-refractivity contribution in [3.63, 3.8) is 0 Å². The van der Waals surface area contributed by atoms with E-state index in [0.717, 1.165) is 43.5 Å². The van der Waals surface area contributed by atoms with E-state index in [2.05, 4.69) is 10.3 Å². The van der Waals surface area contributed by atoms with E-state index in [-0.39, 0.29) is 18.4 Å². The van der Waals surface area contributed by atoms with Crippen molar-refractivity contribution in [3.05, 3.63) is 72.1 Å². The molecule has 0 spiro atoms. The number of nitrogens with zero attached hydrogens (tertiary/aromatic N) is 2. The number of aliphatic hydroxyl groups is 1. The molecule has 0 radical (unpaired) electrons. The Bertz CT molecular complexity index is 831. The molecule has 1 atom stereocenters. The van der Waals surface area contributed by atoms with Crippen LogP contribution in [0.3, 0.4) is 0 Å². The number of hydrogen-bond acceptors (Lipinski definition) is 4. The van der Waals surface area contributed by atoms with Crippen molar-refractivity contribution in [2.75, 3.05) is 19.6 Å². The van der Waals surface area contributed by atoms with Crippen molar-refractivity contribution < 1.29 is 14.7 Å². The maximum Gasteiger partial charge on any atom is 0.253 e. The number of amides is 2. The van der Waals surface area contributed by atoms with Crippen LogP contribution >= 0.6 is 0 Å². The van der Waals surface area contributed by atoms with E-state index >= 15 is 0 Å². The molecule has 0 bridgehead atoms. The van der Waals surface area contributed by atoms with Crippen LogP contribution in [0.4, 0.5) is 0 Å². The van der Waals surface area contributed by atoms with Gasteiger partial charge in [0, 0.05) is 43.7 Å². The fraction of sp³-hybridized carbons (Fsp3) is 0.375. The molecule has 1 aromatic carbocycles. The van der Waals surface area contributed by atoms with Crippen LogP contribution in [-0.4, -0.2) is 52.5 Å². The van der Waals surface area contributed by atoms with Crippen LogP contribution in [0.5, 0.6) is 0 Å². The van der Waals surface area contributed by atoms with Gasteiger partial charge in [-0.25, -0.2) is 0 Å². The normalized spacial score (nSPS) is 15.8. The lowest BCUT2D eigenvalue weighted by molar-refractivity contribution is -0.116. The summed E-state index contributed by atoms with van der Waals surface area (Å²) in [4.78, 5) is 30.3. The Morgan fingerprint density at radius 3 is 2.63 bits per heavy atom. The van der Waals surface area contributed by atoms with Gasteiger partial charge in [-0.3, -0.25) is 14.6 Å². The van der Waals surface area contributed by atoms with Gasteiger partial charge in [-0.05, 0) is 61.4 Å². The Hall–Kier alpha value is -2.99. The van der Waals surface area contributed by atoms with Gasteiger partial charge in [0.25, 0.3) is 5.91 Å². The molecule has 2 aromatic rings. The van der Waals surface area contributed by atoms with Gasteiger partial charge in [0.15, 0.2) is 0 Å². The van der Waals surface area contributed by atoms with E-state index in [1.807, 2.05) is 47.4 Å². The molecule has 30 heavy (non-hydrogen) atoms. The molecule has 0 saturated carbocycles. The first kappa shape index (κ1) is 21.7. The number of hydrogen-bond donors (Lipinski definition) is 2. The van der Waals surface area contributed by atoms with Gasteiger partial charge < -0.3 is 15.3 Å². The number of rotatable bonds is 8. The zero-order valence-electron chi connectivity index (χ0n) is 17.1. The summed E-state index contributed by atoms with van der Waals surface area (Å²) in [5.41, 5.74) is 1.59. The molecule has 1 saturated heterocycles. The summed E-state index contributed by atoms with van der Waals surface area (Å²) < 4.78 is 0. The molecule has 3 rings (SSSR count). The number of nitrogens with one attached hydrogen (secondary N) is 1. The summed E-state index contributed by atoms with van der Waals surface area (Å²) in [5.74, 6) is 0.363. The third-order valence-corrected chi connectivity index (χ3v) is 5.45. The van der Waals surface area contributed by atoms with Crippen LogP contribution in [0.25, 0.3) is 6.08 Å². The van der Waals surface area contributed by atoms with Crippen molar-refractivity contribution in [3.8, 4) is 0 Å². The lowest BCUT2D eigenvalue weighted by atomic mass is 9.90. The molecule has 1 aliphatic heterocycles. The molecule has 158 valence electrons. The quantitative estimate of drug-likeness (QED) is 0.659. The third kappa shape index (κ3) is 6.81. The maximum absolute atomic E-state index is 12.5. The lowest BCUT2D eigenvalue weighted by Gasteiger charge is -2.32. The molecule has 6 heteroatoms. The molecule has 2 N–H and O–H groups in total. The largest absolute Gasteiger partial charge is 0.391 e. The number of benzene rings is 1. The van der Waals surface area contributed by atoms with Crippen molar-refractivity contribution in [2.24, 2.45) is 5.92 Å². The molecule has 1 fully saturated rings. The van der Waals surface area contributed by atoms with Crippen molar-refractivity contribution >= 4 is 17.9 Å². The Labute approximate surface area is 177 Å². The summed E-state index contributed by atoms with van der Waals surface area (Å²) in [6, 6.07) is 13.1. The standard InChI is InChI=1S/C24H29N3O3/c28-22(18-26-23(29)11-9-20-5-4-14-25-17-20)10-8-19-12-15-27(16-13-19)24(30)21-6-2-1-3-7-21/h1-7,9,11,14,17,19,22,28H,8,10,12-13,15-16,18H2,(H,26,29)/b11-9+. The number of carbonyl (C=O) groups is 2. The molecule has 1 unspecified atom stereocenters. The summed E-state index contributed by atoms with van der Waals surface area (Å²) >= 11 is 0. The second kappa shape index (κ2) is 11.3. The Morgan fingerprint density at radius 1 is 1.17 bits per heavy atom. The van der Waals surface area contributed by atoms with Crippen LogP contribution in [-0.2, 0) is 4.79 Å². The Morgan fingerprint density at radius 2 is 1.93 bits per heavy atom. The molecule has 0 aliphatic carbocycles. The number of pyridine rings is 1. The first-order valence-corrected chi connectivity index (χ1v) is 10.5. The SMILES string of the molecule is O=C(/C=C/c1cccnc1)NCC(O)CCC1CCN(C(=O)c2ccccc2)CC1. The van der Waals surface area contributed by atoms with Gasteiger partial charge in [-0.2, -0.15) is 0 Å². The van der Waals surface area contributed by atoms with E-state index < -0.39 is 6.10 Å². The number of likely N-dealkylation sites (tertiary alicyclic amines) is 1. The summed E-state index contributed by atoms with van der Waals surface area (Å²) in [6.07, 6.45) is 9.37. The lowest BCUT2D eigenvalue weighted by Crippen LogP contribution is -2.38. The van der Waals surface area contributed by atoms with E-state index in [1.54, 1.807) is 18.5 Å². The van der Waals surface area contributed by atoms with E-state index in [0.29, 0.717) is 12.3 Å². The molecule has 2 heterocycles. The smallest absolute Gasteiger partial charge is 0.253 e. The van der Waals surface area contributed by atoms with E-state index in [9.17, 15) is 14.7 Å². The number of aliphatic hydroxyl groups excluding tert-OH is 1. The average molecular weight is 408 g/mol. The molecule has 1 aliphatic rings. The van der Waals surface area contributed by atoms with Crippen molar-refractivity contribution in [1.29, 1.82) is 0 Å². The summed E-state index contributed by atoms with van der Waals surface area (Å²) in [6.45, 7) is 1.75. The average Bonchev–Trinajstić information content (AvgIpc) is 2.81. The fourth-order valence-electron chi connectivity index (χ4n) is 3.64. The monoisotopic (exact) mass is 407 g/mol. The van der Waals surface area contributed by atoms with Crippen molar-refractivity contribution in [1.82, 2.24) is 15.2 Å². The van der Waals surface area contributed by atoms with Gasteiger partial charge in [0.2, 0.25) is 5.91 Å². The molecular weight excluding hydrogens is 378 g/mol. The predicted octanol–water partition coefficient (Wildman–Crippen LogP) is 2.90. The van der Waals surface area contributed by atoms with Crippen LogP contribution in [0.2, 0.25) is 0 Å². The molecule has 1 aromatic heterocycles. The minimum atomic E-state index is -0.565. The highest BCUT2D eigenvalue weighted by Gasteiger charge is 2.23. The highest BCUT2D eigenvalue weighted by molar-refractivity contribution is 5.94. The van der Waals surface area contributed by atoms with Gasteiger partial charge in [-0.1, -0.05) is 24.3 Å². The third-order valence-electron chi connectivity index (χ3n) is 5.45. The van der Waals surface area contributed by atoms with Crippen LogP contribution in [0.1, 0.15) is 41.6 Å². The summed E-state index contributed by atoms with van der Waals surface area (Å²) in [5, 5.41) is 12.9. The van der Waals surface area contributed by atoms with E-state index in [1.165, 1.54) is 6.08 Å². The first-order valence-electron chi connectivity index (χ1n) is 10.5. The van der Waals surface area contributed by atoms with Gasteiger partial charge in [0.1, 0.15) is 0 Å². The van der Waals surface area contributed by atoms with Gasteiger partial charge in [-0.15, -0.1) is 0 Å². The predicted molar refractivity (Wildman–Crippen MR) is 117 cm³/mol. The zero-order valence-corrected chi connectivity index (χ0v) is 17.1. The molecule has 6 nitrogen and oxygen atoms in total. The first-order chi connectivity index (χ1) is 14.6. The molecular formula is C24H29N3O3. The zero-order chi connectivity index (χ0) is 21.2. The Balaban J connectivity index is 1.32.